The minimum atomic E-state index is -3.54. The quantitative estimate of drug-likeness (QED) is 0.312. The molecule has 12 nitrogen and oxygen atoms in total. The van der Waals surface area contributed by atoms with Crippen LogP contribution in [0.25, 0.3) is 0 Å². The molecule has 2 N–H and O–H groups in total. The molecule has 0 bridgehead atoms. The summed E-state index contributed by atoms with van der Waals surface area (Å²) in [6.07, 6.45) is 5.60. The molecule has 0 spiro atoms. The van der Waals surface area contributed by atoms with E-state index in [-0.39, 0.29) is 0 Å². The number of fused-ring (bicyclic) bond motifs is 1. The summed E-state index contributed by atoms with van der Waals surface area (Å²) in [5.41, 5.74) is 3.50. The molecule has 46 heavy (non-hydrogen) atoms. The number of sulfonamides is 1. The lowest BCUT2D eigenvalue weighted by molar-refractivity contribution is 0.0982. The predicted molar refractivity (Wildman–Crippen MR) is 187 cm³/mol. The number of piperidine rings is 1. The van der Waals surface area contributed by atoms with Crippen molar-refractivity contribution in [2.75, 3.05) is 93.2 Å². The molecule has 0 atom stereocenters. The highest BCUT2D eigenvalue weighted by atomic mass is 79.9. The summed E-state index contributed by atoms with van der Waals surface area (Å²) >= 11 is 10.4. The first-order valence-electron chi connectivity index (χ1n) is 15.4. The van der Waals surface area contributed by atoms with Crippen LogP contribution < -0.4 is 29.3 Å². The zero-order chi connectivity index (χ0) is 32.6. The Bertz CT molecular complexity index is 1700. The maximum Gasteiger partial charge on any atom is 0.232 e. The van der Waals surface area contributed by atoms with E-state index in [1.54, 1.807) is 19.4 Å². The lowest BCUT2D eigenvalue weighted by Gasteiger charge is -2.42. The third kappa shape index (κ3) is 6.96. The molecule has 4 heterocycles. The van der Waals surface area contributed by atoms with Crippen LogP contribution in [0.2, 0.25) is 5.02 Å². The average molecular weight is 736 g/mol. The molecule has 0 unspecified atom stereocenters. The second-order valence-corrected chi connectivity index (χ2v) is 15.2. The number of nitrogens with one attached hydrogen (secondary N) is 2. The zero-order valence-corrected chi connectivity index (χ0v) is 29.7. The number of ether oxygens (including phenoxy) is 2. The summed E-state index contributed by atoms with van der Waals surface area (Å²) in [6, 6.07) is 8.05. The van der Waals surface area contributed by atoms with Crippen LogP contribution >= 0.6 is 27.5 Å². The first-order chi connectivity index (χ1) is 22.0. The summed E-state index contributed by atoms with van der Waals surface area (Å²) < 4.78 is 38.4. The van der Waals surface area contributed by atoms with Gasteiger partial charge in [0.1, 0.15) is 17.3 Å². The Hall–Kier alpha value is -3.04. The summed E-state index contributed by atoms with van der Waals surface area (Å²) in [5.74, 6) is 2.05. The van der Waals surface area contributed by atoms with Gasteiger partial charge in [0.05, 0.1) is 52.2 Å². The van der Waals surface area contributed by atoms with Crippen LogP contribution in [0, 0.1) is 0 Å². The van der Waals surface area contributed by atoms with Gasteiger partial charge in [0, 0.05) is 76.6 Å². The maximum absolute atomic E-state index is 12.5. The van der Waals surface area contributed by atoms with Gasteiger partial charge in [0.15, 0.2) is 0 Å². The van der Waals surface area contributed by atoms with E-state index < -0.39 is 10.0 Å². The average Bonchev–Trinajstić information content (AvgIpc) is 3.51. The molecule has 3 aliphatic heterocycles. The largest absolute Gasteiger partial charge is 0.494 e. The number of halogens is 2. The van der Waals surface area contributed by atoms with Crippen molar-refractivity contribution in [3.63, 3.8) is 0 Å². The van der Waals surface area contributed by atoms with Crippen molar-refractivity contribution in [1.82, 2.24) is 19.8 Å². The Morgan fingerprint density at radius 2 is 1.83 bits per heavy atom. The van der Waals surface area contributed by atoms with E-state index in [0.717, 1.165) is 63.4 Å². The van der Waals surface area contributed by atoms with Gasteiger partial charge in [-0.2, -0.15) is 4.98 Å². The normalized spacial score (nSPS) is 17.8. The van der Waals surface area contributed by atoms with Crippen molar-refractivity contribution < 1.29 is 17.9 Å². The molecule has 3 aromatic rings. The molecule has 0 saturated carbocycles. The van der Waals surface area contributed by atoms with Gasteiger partial charge in [-0.25, -0.2) is 13.4 Å². The van der Waals surface area contributed by atoms with Gasteiger partial charge in [-0.1, -0.05) is 11.6 Å². The van der Waals surface area contributed by atoms with Gasteiger partial charge in [-0.3, -0.25) is 9.21 Å². The number of rotatable bonds is 9. The fourth-order valence-electron chi connectivity index (χ4n) is 6.36. The SMILES string of the molecule is COc1cc(N2CCC(N3CCN(C)CC3)CC2)c(Cl)cc1Nc1ncc(Br)c(Nc2ccc3c(c2N(C)S(C)(=O)=O)CCO3)n1. The minimum Gasteiger partial charge on any atom is -0.494 e. The van der Waals surface area contributed by atoms with Crippen molar-refractivity contribution in [3.05, 3.63) is 45.5 Å². The lowest BCUT2D eigenvalue weighted by Crippen LogP contribution is -2.52. The smallest absolute Gasteiger partial charge is 0.232 e. The van der Waals surface area contributed by atoms with Crippen molar-refractivity contribution in [3.8, 4) is 11.5 Å². The van der Waals surface area contributed by atoms with Crippen molar-refractivity contribution >= 4 is 72.1 Å². The number of methoxy groups -OCH3 is 1. The third-order valence-electron chi connectivity index (χ3n) is 9.03. The minimum absolute atomic E-state index is 0.309. The van der Waals surface area contributed by atoms with E-state index in [1.807, 2.05) is 18.2 Å². The maximum atomic E-state index is 12.5. The first-order valence-corrected chi connectivity index (χ1v) is 18.4. The summed E-state index contributed by atoms with van der Waals surface area (Å²) in [4.78, 5) is 16.5. The topological polar surface area (TPSA) is 115 Å². The lowest BCUT2D eigenvalue weighted by atomic mass is 10.0. The number of hydrogen-bond acceptors (Lipinski definition) is 11. The molecule has 6 rings (SSSR count). The Kier molecular flexibility index (Phi) is 9.72. The van der Waals surface area contributed by atoms with Crippen LogP contribution in [0.1, 0.15) is 18.4 Å². The number of piperazine rings is 1. The summed E-state index contributed by atoms with van der Waals surface area (Å²) in [5, 5.41) is 7.17. The van der Waals surface area contributed by atoms with Crippen LogP contribution in [0.4, 0.5) is 34.5 Å². The molecule has 3 aliphatic rings. The van der Waals surface area contributed by atoms with E-state index in [4.69, 9.17) is 26.1 Å². The monoisotopic (exact) mass is 734 g/mol. The highest BCUT2D eigenvalue weighted by molar-refractivity contribution is 9.10. The van der Waals surface area contributed by atoms with Gasteiger partial charge in [-0.15, -0.1) is 0 Å². The number of aromatic nitrogens is 2. The van der Waals surface area contributed by atoms with Crippen LogP contribution in [0.15, 0.2) is 34.9 Å². The Morgan fingerprint density at radius 3 is 2.52 bits per heavy atom. The molecule has 0 amide bonds. The van der Waals surface area contributed by atoms with Gasteiger partial charge in [0.25, 0.3) is 0 Å². The molecule has 15 heteroatoms. The molecule has 0 radical (unpaired) electrons. The molecule has 2 aromatic carbocycles. The fourth-order valence-corrected chi connectivity index (χ4v) is 7.47. The highest BCUT2D eigenvalue weighted by Gasteiger charge is 2.29. The molecular formula is C31H40BrClN8O4S. The van der Waals surface area contributed by atoms with E-state index in [0.29, 0.717) is 68.9 Å². The van der Waals surface area contributed by atoms with E-state index in [9.17, 15) is 8.42 Å². The third-order valence-corrected chi connectivity index (χ3v) is 11.1. The van der Waals surface area contributed by atoms with E-state index >= 15 is 0 Å². The number of likely N-dealkylation sites (N-methyl/N-ethyl adjacent to an activating group) is 1. The standard InChI is InChI=1S/C31H40BrClN8O4S/c1-38-12-14-40(15-13-38)20-7-10-41(11-8-20)26-18-28(44-3)25(17-23(26)33)36-31-34-19-22(32)30(37-31)35-24-5-6-27-21(9-16-45-27)29(24)39(2)46(4,42)43/h5-6,17-20H,7-16H2,1-4H3,(H2,34,35,36,37). The van der Waals surface area contributed by atoms with Crippen molar-refractivity contribution in [2.45, 2.75) is 25.3 Å². The summed E-state index contributed by atoms with van der Waals surface area (Å²) in [6.45, 7) is 6.88. The van der Waals surface area contributed by atoms with Crippen LogP contribution in [0.5, 0.6) is 11.5 Å². The molecule has 1 aromatic heterocycles. The van der Waals surface area contributed by atoms with Crippen LogP contribution in [-0.2, 0) is 16.4 Å². The highest BCUT2D eigenvalue weighted by Crippen LogP contribution is 2.43. The molecule has 0 aliphatic carbocycles. The van der Waals surface area contributed by atoms with Gasteiger partial charge < -0.3 is 29.9 Å². The van der Waals surface area contributed by atoms with Gasteiger partial charge in [0.2, 0.25) is 16.0 Å². The predicted octanol–water partition coefficient (Wildman–Crippen LogP) is 4.94. The number of anilines is 6. The van der Waals surface area contributed by atoms with E-state index in [1.165, 1.54) is 17.6 Å². The number of nitrogens with zero attached hydrogens (tertiary/aromatic N) is 6. The summed E-state index contributed by atoms with van der Waals surface area (Å²) in [7, 11) is 1.82. The Balaban J connectivity index is 1.20. The number of hydrogen-bond donors (Lipinski definition) is 2. The zero-order valence-electron chi connectivity index (χ0n) is 26.5. The fraction of sp³-hybridized carbons (Fsp3) is 0.484. The van der Waals surface area contributed by atoms with Crippen molar-refractivity contribution in [2.24, 2.45) is 0 Å². The van der Waals surface area contributed by atoms with Gasteiger partial charge in [-0.05, 0) is 54.0 Å². The molecule has 248 valence electrons. The number of benzene rings is 2. The Morgan fingerprint density at radius 1 is 1.09 bits per heavy atom. The van der Waals surface area contributed by atoms with Crippen molar-refractivity contribution in [1.29, 1.82) is 0 Å². The Labute approximate surface area is 284 Å². The molecule has 2 saturated heterocycles. The first kappa shape index (κ1) is 32.9. The molecular weight excluding hydrogens is 696 g/mol. The second kappa shape index (κ2) is 13.6. The van der Waals surface area contributed by atoms with Crippen LogP contribution in [-0.4, -0.2) is 108 Å². The second-order valence-electron chi connectivity index (χ2n) is 12.0. The van der Waals surface area contributed by atoms with E-state index in [2.05, 4.69) is 53.3 Å². The van der Waals surface area contributed by atoms with Crippen LogP contribution in [0.3, 0.4) is 0 Å². The molecule has 2 fully saturated rings. The van der Waals surface area contributed by atoms with Gasteiger partial charge >= 0.3 is 0 Å².